The molecule has 1 fully saturated rings. The predicted octanol–water partition coefficient (Wildman–Crippen LogP) is 2.70. The number of carbonyl (C=O) groups excluding carboxylic acids is 3. The van der Waals surface area contributed by atoms with E-state index in [1.807, 2.05) is 42.5 Å². The first-order valence-electron chi connectivity index (χ1n) is 13.2. The first-order chi connectivity index (χ1) is 19.6. The summed E-state index contributed by atoms with van der Waals surface area (Å²) in [6.07, 6.45) is -0.238. The van der Waals surface area contributed by atoms with Gasteiger partial charge in [-0.2, -0.15) is 0 Å². The number of alkyl carbamates (subject to hydrolysis) is 1. The van der Waals surface area contributed by atoms with E-state index < -0.39 is 29.5 Å². The van der Waals surface area contributed by atoms with Crippen LogP contribution in [0.5, 0.6) is 0 Å². The molecule has 2 aromatic carbocycles. The number of methoxy groups -OCH3 is 1. The summed E-state index contributed by atoms with van der Waals surface area (Å²) in [5.41, 5.74) is 7.83. The lowest BCUT2D eigenvalue weighted by Crippen LogP contribution is -2.63. The molecule has 1 aliphatic rings. The van der Waals surface area contributed by atoms with E-state index in [9.17, 15) is 19.2 Å². The van der Waals surface area contributed by atoms with Crippen LogP contribution in [0.4, 0.5) is 4.79 Å². The number of allylic oxidation sites excluding steroid dienone is 1. The van der Waals surface area contributed by atoms with Crippen molar-refractivity contribution in [2.75, 3.05) is 26.9 Å². The number of fused-ring (bicyclic) bond motifs is 1. The Hall–Kier alpha value is -4.00. The molecule has 2 heterocycles. The van der Waals surface area contributed by atoms with Crippen LogP contribution in [0.3, 0.4) is 0 Å². The van der Waals surface area contributed by atoms with E-state index in [0.717, 1.165) is 26.9 Å². The van der Waals surface area contributed by atoms with Gasteiger partial charge in [-0.15, -0.1) is 0 Å². The third kappa shape index (κ3) is 7.20. The number of thiazole rings is 1. The van der Waals surface area contributed by atoms with Crippen molar-refractivity contribution in [2.24, 2.45) is 5.73 Å². The van der Waals surface area contributed by atoms with Crippen molar-refractivity contribution in [3.05, 3.63) is 70.0 Å². The lowest BCUT2D eigenvalue weighted by atomic mass is 9.88. The SMILES string of the molecule is C=C(C)OC(=O)NC1(C(=O)N[C@@H](Cc2ccc(-c3ccc4sc(=O)n(CCOC)c4c3)cc2)C(N)=O)CCOCC1. The fourth-order valence-electron chi connectivity index (χ4n) is 4.73. The molecule has 3 amide bonds. The molecule has 0 bridgehead atoms. The number of nitrogens with two attached hydrogens (primary N) is 1. The number of amides is 3. The molecule has 1 aromatic heterocycles. The van der Waals surface area contributed by atoms with E-state index in [-0.39, 0.29) is 43.1 Å². The highest BCUT2D eigenvalue weighted by molar-refractivity contribution is 7.16. The van der Waals surface area contributed by atoms with Gasteiger partial charge >= 0.3 is 11.0 Å². The highest BCUT2D eigenvalue weighted by Crippen LogP contribution is 2.27. The third-order valence-electron chi connectivity index (χ3n) is 6.95. The molecular formula is C29H34N4O7S. The number of ether oxygens (including phenoxy) is 3. The Morgan fingerprint density at radius 3 is 2.46 bits per heavy atom. The van der Waals surface area contributed by atoms with Crippen molar-refractivity contribution in [3.63, 3.8) is 0 Å². The summed E-state index contributed by atoms with van der Waals surface area (Å²) in [7, 11) is 1.60. The Kier molecular flexibility index (Phi) is 9.58. The zero-order chi connectivity index (χ0) is 29.6. The minimum absolute atomic E-state index is 0.0328. The van der Waals surface area contributed by atoms with Crippen LogP contribution in [-0.4, -0.2) is 61.0 Å². The molecular weight excluding hydrogens is 548 g/mol. The fourth-order valence-corrected chi connectivity index (χ4v) is 5.63. The van der Waals surface area contributed by atoms with Crippen LogP contribution >= 0.6 is 11.3 Å². The monoisotopic (exact) mass is 582 g/mol. The van der Waals surface area contributed by atoms with Gasteiger partial charge in [-0.1, -0.05) is 48.2 Å². The minimum Gasteiger partial charge on any atom is -0.416 e. The molecule has 0 aliphatic carbocycles. The molecule has 41 heavy (non-hydrogen) atoms. The van der Waals surface area contributed by atoms with Gasteiger partial charge in [0, 0.05) is 39.6 Å². The van der Waals surface area contributed by atoms with Crippen LogP contribution in [0, 0.1) is 0 Å². The van der Waals surface area contributed by atoms with E-state index in [1.165, 1.54) is 18.3 Å². The van der Waals surface area contributed by atoms with Crippen LogP contribution in [0.2, 0.25) is 0 Å². The molecule has 11 nitrogen and oxygen atoms in total. The zero-order valence-electron chi connectivity index (χ0n) is 23.1. The largest absolute Gasteiger partial charge is 0.416 e. The Bertz CT molecular complexity index is 1490. The standard InChI is InChI=1S/C29H34N4O7S/c1-18(2)40-27(36)32-29(10-13-39-14-11-29)26(35)31-22(25(30)34)16-19-4-6-20(7-5-19)21-8-9-24-23(17-21)33(12-15-38-3)28(37)41-24/h4-9,17,22H,1,10-16H2,2-3H3,(H2,30,34)(H,31,35)(H,32,36)/t22-/m0/s1. The first kappa shape index (κ1) is 30.0. The summed E-state index contributed by atoms with van der Waals surface area (Å²) < 4.78 is 18.1. The van der Waals surface area contributed by atoms with Gasteiger partial charge in [0.2, 0.25) is 11.8 Å². The molecule has 1 aliphatic heterocycles. The molecule has 218 valence electrons. The summed E-state index contributed by atoms with van der Waals surface area (Å²) in [5.74, 6) is -1.06. The Morgan fingerprint density at radius 1 is 1.15 bits per heavy atom. The molecule has 0 spiro atoms. The van der Waals surface area contributed by atoms with Crippen LogP contribution in [0.15, 0.2) is 59.6 Å². The van der Waals surface area contributed by atoms with Gasteiger partial charge in [-0.25, -0.2) is 4.79 Å². The average molecular weight is 583 g/mol. The Morgan fingerprint density at radius 2 is 1.83 bits per heavy atom. The minimum atomic E-state index is -1.31. The maximum atomic E-state index is 13.4. The number of benzene rings is 2. The van der Waals surface area contributed by atoms with Gasteiger partial charge in [0.15, 0.2) is 0 Å². The fraction of sp³-hybridized carbons (Fsp3) is 0.379. The van der Waals surface area contributed by atoms with E-state index in [4.69, 9.17) is 19.9 Å². The van der Waals surface area contributed by atoms with Gasteiger partial charge in [-0.3, -0.25) is 19.0 Å². The summed E-state index contributed by atoms with van der Waals surface area (Å²) in [6.45, 7) is 6.47. The lowest BCUT2D eigenvalue weighted by Gasteiger charge is -2.36. The van der Waals surface area contributed by atoms with E-state index in [2.05, 4.69) is 17.2 Å². The van der Waals surface area contributed by atoms with Gasteiger partial charge in [0.05, 0.1) is 29.1 Å². The summed E-state index contributed by atoms with van der Waals surface area (Å²) in [4.78, 5) is 50.4. The van der Waals surface area contributed by atoms with Crippen LogP contribution < -0.4 is 21.2 Å². The predicted molar refractivity (Wildman–Crippen MR) is 155 cm³/mol. The molecule has 0 saturated carbocycles. The van der Waals surface area contributed by atoms with Gasteiger partial charge < -0.3 is 30.6 Å². The van der Waals surface area contributed by atoms with Crippen LogP contribution in [-0.2, 0) is 36.8 Å². The van der Waals surface area contributed by atoms with Crippen molar-refractivity contribution in [1.82, 2.24) is 15.2 Å². The number of hydrogen-bond donors (Lipinski definition) is 3. The Balaban J connectivity index is 1.49. The van der Waals surface area contributed by atoms with Crippen LogP contribution in [0.25, 0.3) is 21.3 Å². The average Bonchev–Trinajstić information content (AvgIpc) is 3.25. The van der Waals surface area contributed by atoms with Gasteiger partial charge in [0.1, 0.15) is 11.6 Å². The third-order valence-corrected chi connectivity index (χ3v) is 7.91. The second-order valence-electron chi connectivity index (χ2n) is 9.94. The number of hydrogen-bond acceptors (Lipinski definition) is 8. The summed E-state index contributed by atoms with van der Waals surface area (Å²) >= 11 is 1.20. The van der Waals surface area contributed by atoms with Crippen molar-refractivity contribution in [2.45, 2.75) is 44.3 Å². The van der Waals surface area contributed by atoms with Crippen molar-refractivity contribution >= 4 is 39.5 Å². The topological polar surface area (TPSA) is 151 Å². The number of rotatable bonds is 11. The number of nitrogens with zero attached hydrogens (tertiary/aromatic N) is 1. The van der Waals surface area contributed by atoms with Crippen molar-refractivity contribution < 1.29 is 28.6 Å². The highest BCUT2D eigenvalue weighted by atomic mass is 32.1. The number of aromatic nitrogens is 1. The summed E-state index contributed by atoms with van der Waals surface area (Å²) in [5, 5.41) is 5.36. The molecule has 4 rings (SSSR count). The molecule has 0 unspecified atom stereocenters. The molecule has 3 aromatic rings. The van der Waals surface area contributed by atoms with E-state index in [0.29, 0.717) is 13.2 Å². The maximum Gasteiger partial charge on any atom is 0.413 e. The number of nitrogens with one attached hydrogen (secondary N) is 2. The quantitative estimate of drug-likeness (QED) is 0.294. The van der Waals surface area contributed by atoms with E-state index >= 15 is 0 Å². The highest BCUT2D eigenvalue weighted by Gasteiger charge is 2.43. The lowest BCUT2D eigenvalue weighted by molar-refractivity contribution is -0.134. The zero-order valence-corrected chi connectivity index (χ0v) is 23.9. The second kappa shape index (κ2) is 13.1. The first-order valence-corrected chi connectivity index (χ1v) is 14.0. The molecule has 4 N–H and O–H groups in total. The molecule has 0 radical (unpaired) electrons. The van der Waals surface area contributed by atoms with Crippen molar-refractivity contribution in [3.8, 4) is 11.1 Å². The van der Waals surface area contributed by atoms with Crippen molar-refractivity contribution in [1.29, 1.82) is 0 Å². The summed E-state index contributed by atoms with van der Waals surface area (Å²) in [6, 6.07) is 12.4. The van der Waals surface area contributed by atoms with Crippen LogP contribution in [0.1, 0.15) is 25.3 Å². The van der Waals surface area contributed by atoms with Gasteiger partial charge in [-0.05, 0) is 35.7 Å². The molecule has 12 heteroatoms. The smallest absolute Gasteiger partial charge is 0.413 e. The normalized spacial score (nSPS) is 15.2. The Labute approximate surface area is 241 Å². The molecule has 1 saturated heterocycles. The number of carbonyl (C=O) groups is 3. The van der Waals surface area contributed by atoms with Gasteiger partial charge in [0.25, 0.3) is 0 Å². The second-order valence-corrected chi connectivity index (χ2v) is 10.9. The van der Waals surface area contributed by atoms with E-state index in [1.54, 1.807) is 11.7 Å². The molecule has 1 atom stereocenters. The maximum absolute atomic E-state index is 13.4. The number of primary amides is 1.